The molecule has 2 N–H and O–H groups in total. The van der Waals surface area contributed by atoms with Gasteiger partial charge in [0.05, 0.1) is 6.10 Å². The molecule has 0 amide bonds. The third kappa shape index (κ3) is 5.19. The lowest BCUT2D eigenvalue weighted by atomic mass is 9.98. The highest BCUT2D eigenvalue weighted by Gasteiger charge is 2.19. The summed E-state index contributed by atoms with van der Waals surface area (Å²) >= 11 is 0. The Morgan fingerprint density at radius 3 is 2.70 bits per heavy atom. The molecule has 1 rings (SSSR count). The average Bonchev–Trinajstić information content (AvgIpc) is 2.45. The van der Waals surface area contributed by atoms with Crippen molar-refractivity contribution in [2.24, 2.45) is 0 Å². The first-order valence-electron chi connectivity index (χ1n) is 7.35. The lowest BCUT2D eigenvalue weighted by molar-refractivity contribution is 0.117. The van der Waals surface area contributed by atoms with Crippen LogP contribution >= 0.6 is 0 Å². The summed E-state index contributed by atoms with van der Waals surface area (Å²) in [5.74, 6) is -0.237. The molecule has 0 aromatic heterocycles. The van der Waals surface area contributed by atoms with Crippen LogP contribution in [-0.2, 0) is 4.74 Å². The van der Waals surface area contributed by atoms with Gasteiger partial charge >= 0.3 is 0 Å². The molecule has 0 radical (unpaired) electrons. The van der Waals surface area contributed by atoms with Crippen molar-refractivity contribution in [3.63, 3.8) is 0 Å². The van der Waals surface area contributed by atoms with Crippen LogP contribution in [0, 0.1) is 12.7 Å². The molecule has 0 aliphatic rings. The molecular formula is C16H26FNO2. The highest BCUT2D eigenvalue weighted by molar-refractivity contribution is 5.26. The molecule has 0 heterocycles. The van der Waals surface area contributed by atoms with Gasteiger partial charge in [-0.05, 0) is 50.4 Å². The number of hydrogen-bond acceptors (Lipinski definition) is 3. The Hall–Kier alpha value is -0.970. The molecule has 4 heteroatoms. The summed E-state index contributed by atoms with van der Waals surface area (Å²) < 4.78 is 18.5. The maximum absolute atomic E-state index is 13.3. The molecule has 2 unspecified atom stereocenters. The van der Waals surface area contributed by atoms with E-state index in [1.165, 1.54) is 6.07 Å². The predicted molar refractivity (Wildman–Crippen MR) is 79.3 cm³/mol. The number of aryl methyl sites for hydroxylation is 1. The van der Waals surface area contributed by atoms with Gasteiger partial charge in [0, 0.05) is 19.3 Å². The second-order valence-electron chi connectivity index (χ2n) is 4.97. The molecule has 20 heavy (non-hydrogen) atoms. The second kappa shape index (κ2) is 9.06. The van der Waals surface area contributed by atoms with E-state index in [9.17, 15) is 9.50 Å². The Bertz CT molecular complexity index is 398. The molecule has 0 saturated carbocycles. The molecule has 3 nitrogen and oxygen atoms in total. The molecule has 0 aliphatic heterocycles. The first-order chi connectivity index (χ1) is 9.60. The number of rotatable bonds is 9. The summed E-state index contributed by atoms with van der Waals surface area (Å²) in [5, 5.41) is 13.7. The standard InChI is InChI=1S/C16H26FNO2/c1-4-15(18-9-6-10-20-5-2)16(19)13-7-8-14(17)12(3)11-13/h7-8,11,15-16,18-19H,4-6,9-10H2,1-3H3. The fourth-order valence-corrected chi connectivity index (χ4v) is 2.17. The number of benzene rings is 1. The number of ether oxygens (including phenoxy) is 1. The Labute approximate surface area is 121 Å². The minimum Gasteiger partial charge on any atom is -0.387 e. The van der Waals surface area contributed by atoms with Crippen molar-refractivity contribution in [3.05, 3.63) is 35.1 Å². The Balaban J connectivity index is 2.52. The zero-order chi connectivity index (χ0) is 15.0. The monoisotopic (exact) mass is 283 g/mol. The van der Waals surface area contributed by atoms with E-state index < -0.39 is 6.10 Å². The summed E-state index contributed by atoms with van der Waals surface area (Å²) in [4.78, 5) is 0. The normalized spacial score (nSPS) is 14.2. The van der Waals surface area contributed by atoms with Gasteiger partial charge in [-0.15, -0.1) is 0 Å². The van der Waals surface area contributed by atoms with Crippen molar-refractivity contribution in [2.75, 3.05) is 19.8 Å². The molecule has 0 bridgehead atoms. The minimum atomic E-state index is -0.619. The third-order valence-corrected chi connectivity index (χ3v) is 3.42. The van der Waals surface area contributed by atoms with Crippen LogP contribution in [0.3, 0.4) is 0 Å². The van der Waals surface area contributed by atoms with Crippen LogP contribution < -0.4 is 5.32 Å². The van der Waals surface area contributed by atoms with E-state index >= 15 is 0 Å². The maximum atomic E-state index is 13.3. The summed E-state index contributed by atoms with van der Waals surface area (Å²) in [6, 6.07) is 4.75. The smallest absolute Gasteiger partial charge is 0.126 e. The van der Waals surface area contributed by atoms with E-state index in [4.69, 9.17) is 4.74 Å². The number of nitrogens with one attached hydrogen (secondary N) is 1. The number of halogens is 1. The number of aliphatic hydroxyl groups is 1. The Morgan fingerprint density at radius 1 is 1.35 bits per heavy atom. The molecule has 1 aromatic rings. The first kappa shape index (κ1) is 17.1. The van der Waals surface area contributed by atoms with E-state index in [0.29, 0.717) is 5.56 Å². The van der Waals surface area contributed by atoms with Gasteiger partial charge in [0.25, 0.3) is 0 Å². The van der Waals surface area contributed by atoms with Crippen molar-refractivity contribution in [1.29, 1.82) is 0 Å². The third-order valence-electron chi connectivity index (χ3n) is 3.42. The highest BCUT2D eigenvalue weighted by atomic mass is 19.1. The van der Waals surface area contributed by atoms with E-state index in [1.54, 1.807) is 19.1 Å². The molecule has 0 saturated heterocycles. The lowest BCUT2D eigenvalue weighted by Crippen LogP contribution is -2.35. The van der Waals surface area contributed by atoms with Gasteiger partial charge in [0.2, 0.25) is 0 Å². The molecule has 1 aromatic carbocycles. The molecule has 0 spiro atoms. The lowest BCUT2D eigenvalue weighted by Gasteiger charge is -2.23. The largest absolute Gasteiger partial charge is 0.387 e. The Morgan fingerprint density at radius 2 is 2.10 bits per heavy atom. The SMILES string of the molecule is CCOCCCNC(CC)C(O)c1ccc(F)c(C)c1. The molecular weight excluding hydrogens is 257 g/mol. The van der Waals surface area contributed by atoms with E-state index in [1.807, 2.05) is 13.8 Å². The fourth-order valence-electron chi connectivity index (χ4n) is 2.17. The Kier molecular flexibility index (Phi) is 7.73. The predicted octanol–water partition coefficient (Wildman–Crippen LogP) is 2.96. The topological polar surface area (TPSA) is 41.5 Å². The van der Waals surface area contributed by atoms with Crippen molar-refractivity contribution in [1.82, 2.24) is 5.32 Å². The van der Waals surface area contributed by atoms with Gasteiger partial charge in [0.15, 0.2) is 0 Å². The zero-order valence-corrected chi connectivity index (χ0v) is 12.7. The van der Waals surface area contributed by atoms with Crippen LogP contribution in [0.25, 0.3) is 0 Å². The summed E-state index contributed by atoms with van der Waals surface area (Å²) in [6.07, 6.45) is 1.11. The van der Waals surface area contributed by atoms with Crippen molar-refractivity contribution in [3.8, 4) is 0 Å². The van der Waals surface area contributed by atoms with Gasteiger partial charge in [-0.1, -0.05) is 19.1 Å². The van der Waals surface area contributed by atoms with Crippen molar-refractivity contribution >= 4 is 0 Å². The fraction of sp³-hybridized carbons (Fsp3) is 0.625. The van der Waals surface area contributed by atoms with Gasteiger partial charge in [-0.3, -0.25) is 0 Å². The van der Waals surface area contributed by atoms with Crippen molar-refractivity contribution < 1.29 is 14.2 Å². The van der Waals surface area contributed by atoms with E-state index in [-0.39, 0.29) is 11.9 Å². The minimum absolute atomic E-state index is 0.0264. The van der Waals surface area contributed by atoms with E-state index in [0.717, 1.165) is 38.2 Å². The van der Waals surface area contributed by atoms with Crippen LogP contribution in [0.5, 0.6) is 0 Å². The first-order valence-corrected chi connectivity index (χ1v) is 7.35. The highest BCUT2D eigenvalue weighted by Crippen LogP contribution is 2.21. The van der Waals surface area contributed by atoms with Gasteiger partial charge in [-0.2, -0.15) is 0 Å². The number of aliphatic hydroxyl groups excluding tert-OH is 1. The van der Waals surface area contributed by atoms with Gasteiger partial charge in [-0.25, -0.2) is 4.39 Å². The summed E-state index contributed by atoms with van der Waals surface area (Å²) in [7, 11) is 0. The zero-order valence-electron chi connectivity index (χ0n) is 12.7. The van der Waals surface area contributed by atoms with Gasteiger partial charge < -0.3 is 15.2 Å². The molecule has 2 atom stereocenters. The molecule has 0 aliphatic carbocycles. The molecule has 114 valence electrons. The van der Waals surface area contributed by atoms with E-state index in [2.05, 4.69) is 5.32 Å². The number of hydrogen-bond donors (Lipinski definition) is 2. The van der Waals surface area contributed by atoms with Crippen LogP contribution in [0.1, 0.15) is 43.9 Å². The summed E-state index contributed by atoms with van der Waals surface area (Å²) in [5.41, 5.74) is 1.32. The maximum Gasteiger partial charge on any atom is 0.126 e. The van der Waals surface area contributed by atoms with Gasteiger partial charge in [0.1, 0.15) is 5.82 Å². The van der Waals surface area contributed by atoms with Crippen LogP contribution in [-0.4, -0.2) is 30.9 Å². The summed E-state index contributed by atoms with van der Waals surface area (Å²) in [6.45, 7) is 7.97. The second-order valence-corrected chi connectivity index (χ2v) is 4.97. The molecule has 0 fully saturated rings. The van der Waals surface area contributed by atoms with Crippen molar-refractivity contribution in [2.45, 2.75) is 45.8 Å². The average molecular weight is 283 g/mol. The van der Waals surface area contributed by atoms with Crippen LogP contribution in [0.15, 0.2) is 18.2 Å². The van der Waals surface area contributed by atoms with Crippen LogP contribution in [0.2, 0.25) is 0 Å². The van der Waals surface area contributed by atoms with Crippen LogP contribution in [0.4, 0.5) is 4.39 Å². The quantitative estimate of drug-likeness (QED) is 0.685.